The molecule has 2 aromatic heterocycles. The van der Waals surface area contributed by atoms with Crippen molar-refractivity contribution in [1.82, 2.24) is 19.7 Å². The van der Waals surface area contributed by atoms with Crippen LogP contribution in [0.3, 0.4) is 0 Å². The molecule has 4 rings (SSSR count). The van der Waals surface area contributed by atoms with Gasteiger partial charge in [-0.25, -0.2) is 4.68 Å². The molecule has 6 nitrogen and oxygen atoms in total. The van der Waals surface area contributed by atoms with Crippen LogP contribution in [0.25, 0.3) is 21.8 Å². The molecule has 0 fully saturated rings. The van der Waals surface area contributed by atoms with Crippen molar-refractivity contribution in [3.05, 3.63) is 76.7 Å². The fourth-order valence-electron chi connectivity index (χ4n) is 3.83. The van der Waals surface area contributed by atoms with Gasteiger partial charge < -0.3 is 9.88 Å². The monoisotopic (exact) mass is 388 g/mol. The second-order valence-corrected chi connectivity index (χ2v) is 7.31. The number of benzene rings is 2. The van der Waals surface area contributed by atoms with E-state index in [1.165, 1.54) is 10.2 Å². The van der Waals surface area contributed by atoms with Crippen molar-refractivity contribution in [3.8, 4) is 0 Å². The quantitative estimate of drug-likeness (QED) is 0.552. The van der Waals surface area contributed by atoms with Crippen LogP contribution >= 0.6 is 0 Å². The smallest absolute Gasteiger partial charge is 0.291 e. The molecule has 1 N–H and O–H groups in total. The maximum absolute atomic E-state index is 13.0. The predicted octanol–water partition coefficient (Wildman–Crippen LogP) is 3.03. The zero-order valence-electron chi connectivity index (χ0n) is 16.6. The summed E-state index contributed by atoms with van der Waals surface area (Å²) in [6.45, 7) is 1.95. The van der Waals surface area contributed by atoms with Gasteiger partial charge in [0.25, 0.3) is 5.56 Å². The number of amides is 1. The van der Waals surface area contributed by atoms with Crippen molar-refractivity contribution in [1.29, 1.82) is 0 Å². The molecule has 0 aliphatic rings. The molecule has 0 radical (unpaired) electrons. The van der Waals surface area contributed by atoms with Crippen LogP contribution in [0, 0.1) is 0 Å². The van der Waals surface area contributed by atoms with E-state index in [1.807, 2.05) is 61.0 Å². The number of hydrogen-bond acceptors (Lipinski definition) is 3. The first-order valence-corrected chi connectivity index (χ1v) is 9.85. The van der Waals surface area contributed by atoms with Gasteiger partial charge in [0.1, 0.15) is 12.1 Å². The molecule has 2 heterocycles. The van der Waals surface area contributed by atoms with Crippen LogP contribution in [0.1, 0.15) is 18.9 Å². The molecule has 0 aliphatic heterocycles. The maximum atomic E-state index is 13.0. The first kappa shape index (κ1) is 18.9. The van der Waals surface area contributed by atoms with Gasteiger partial charge in [0.15, 0.2) is 0 Å². The molecule has 0 aliphatic carbocycles. The van der Waals surface area contributed by atoms with E-state index in [0.717, 1.165) is 29.1 Å². The van der Waals surface area contributed by atoms with Gasteiger partial charge in [-0.1, -0.05) is 55.5 Å². The Morgan fingerprint density at radius 1 is 1.07 bits per heavy atom. The Morgan fingerprint density at radius 3 is 2.55 bits per heavy atom. The zero-order valence-corrected chi connectivity index (χ0v) is 16.6. The van der Waals surface area contributed by atoms with Crippen molar-refractivity contribution in [3.63, 3.8) is 0 Å². The van der Waals surface area contributed by atoms with Gasteiger partial charge in [-0.3, -0.25) is 9.59 Å². The lowest BCUT2D eigenvalue weighted by atomic mass is 10.0. The Morgan fingerprint density at radius 2 is 1.79 bits per heavy atom. The average Bonchev–Trinajstić information content (AvgIpc) is 3.03. The van der Waals surface area contributed by atoms with E-state index in [2.05, 4.69) is 22.5 Å². The van der Waals surface area contributed by atoms with Gasteiger partial charge in [-0.05, 0) is 24.5 Å². The van der Waals surface area contributed by atoms with E-state index < -0.39 is 0 Å². The number of para-hydroxylation sites is 1. The Labute approximate surface area is 168 Å². The fourth-order valence-corrected chi connectivity index (χ4v) is 3.83. The average molecular weight is 388 g/mol. The van der Waals surface area contributed by atoms with Crippen LogP contribution in [0.2, 0.25) is 0 Å². The highest BCUT2D eigenvalue weighted by molar-refractivity contribution is 6.07. The van der Waals surface area contributed by atoms with E-state index in [-0.39, 0.29) is 24.1 Å². The molecule has 4 aromatic rings. The predicted molar refractivity (Wildman–Crippen MR) is 115 cm³/mol. The molecular formula is C23H24N4O2. The summed E-state index contributed by atoms with van der Waals surface area (Å²) in [6.07, 6.45) is 3.24. The number of nitrogens with one attached hydrogen (secondary N) is 1. The topological polar surface area (TPSA) is 68.9 Å². The molecule has 2 aromatic carbocycles. The maximum Gasteiger partial charge on any atom is 0.291 e. The number of aryl methyl sites for hydroxylation is 1. The Kier molecular flexibility index (Phi) is 5.16. The number of fused-ring (bicyclic) bond motifs is 3. The number of nitrogens with zero attached hydrogens (tertiary/aromatic N) is 3. The molecule has 0 spiro atoms. The summed E-state index contributed by atoms with van der Waals surface area (Å²) in [6, 6.07) is 17.9. The molecule has 1 unspecified atom stereocenters. The van der Waals surface area contributed by atoms with Crippen LogP contribution < -0.4 is 10.9 Å². The van der Waals surface area contributed by atoms with Crippen molar-refractivity contribution in [2.45, 2.75) is 32.4 Å². The Balaban J connectivity index is 1.56. The minimum atomic E-state index is -0.257. The van der Waals surface area contributed by atoms with E-state index in [4.69, 9.17) is 0 Å². The first-order valence-electron chi connectivity index (χ1n) is 9.85. The lowest BCUT2D eigenvalue weighted by molar-refractivity contribution is -0.122. The molecule has 148 valence electrons. The summed E-state index contributed by atoms with van der Waals surface area (Å²) in [5, 5.41) is 9.08. The van der Waals surface area contributed by atoms with Crippen LogP contribution in [0.15, 0.2) is 65.6 Å². The van der Waals surface area contributed by atoms with Crippen molar-refractivity contribution in [2.24, 2.45) is 7.05 Å². The summed E-state index contributed by atoms with van der Waals surface area (Å²) in [5.74, 6) is -0.208. The van der Waals surface area contributed by atoms with Crippen LogP contribution in [0.5, 0.6) is 0 Å². The Bertz CT molecular complexity index is 1220. The summed E-state index contributed by atoms with van der Waals surface area (Å²) in [5.41, 5.74) is 2.45. The van der Waals surface area contributed by atoms with Crippen molar-refractivity contribution in [2.75, 3.05) is 0 Å². The van der Waals surface area contributed by atoms with Gasteiger partial charge >= 0.3 is 0 Å². The van der Waals surface area contributed by atoms with Crippen LogP contribution in [-0.2, 0) is 24.8 Å². The third-order valence-electron chi connectivity index (χ3n) is 5.39. The molecule has 1 atom stereocenters. The van der Waals surface area contributed by atoms with Crippen molar-refractivity contribution >= 4 is 27.7 Å². The van der Waals surface area contributed by atoms with Gasteiger partial charge in [-0.15, -0.1) is 0 Å². The molecule has 1 amide bonds. The highest BCUT2D eigenvalue weighted by Crippen LogP contribution is 2.24. The molecule has 0 saturated heterocycles. The summed E-state index contributed by atoms with van der Waals surface area (Å²) >= 11 is 0. The third kappa shape index (κ3) is 3.66. The van der Waals surface area contributed by atoms with Gasteiger partial charge in [0.2, 0.25) is 5.91 Å². The number of carbonyl (C=O) groups excluding carboxylic acids is 1. The molecular weight excluding hydrogens is 364 g/mol. The summed E-state index contributed by atoms with van der Waals surface area (Å²) < 4.78 is 3.11. The molecule has 29 heavy (non-hydrogen) atoms. The largest absolute Gasteiger partial charge is 0.351 e. The number of rotatable bonds is 6. The molecule has 6 heteroatoms. The van der Waals surface area contributed by atoms with Gasteiger partial charge in [0, 0.05) is 29.4 Å². The number of carbonyl (C=O) groups is 1. The van der Waals surface area contributed by atoms with E-state index in [9.17, 15) is 9.59 Å². The van der Waals surface area contributed by atoms with Gasteiger partial charge in [-0.2, -0.15) is 5.10 Å². The van der Waals surface area contributed by atoms with Gasteiger partial charge in [0.05, 0.1) is 6.20 Å². The van der Waals surface area contributed by atoms with Crippen molar-refractivity contribution < 1.29 is 4.79 Å². The van der Waals surface area contributed by atoms with E-state index in [1.54, 1.807) is 6.20 Å². The lowest BCUT2D eigenvalue weighted by Crippen LogP contribution is -2.40. The minimum absolute atomic E-state index is 0.0157. The highest BCUT2D eigenvalue weighted by atomic mass is 16.2. The van der Waals surface area contributed by atoms with Crippen LogP contribution in [-0.4, -0.2) is 26.3 Å². The second-order valence-electron chi connectivity index (χ2n) is 7.31. The normalized spacial score (nSPS) is 12.3. The SMILES string of the molecule is CCC(Cc1ccccc1)NC(=O)Cn1ncc2c3ccccc3n(C)c2c1=O. The standard InChI is InChI=1S/C23H24N4O2/c1-3-17(13-16-9-5-4-6-10-16)25-21(28)15-27-23(29)22-19(14-24-27)18-11-7-8-12-20(18)26(22)2/h4-12,14,17H,3,13,15H2,1-2H3,(H,25,28). The minimum Gasteiger partial charge on any atom is -0.351 e. The lowest BCUT2D eigenvalue weighted by Gasteiger charge is -2.17. The fraction of sp³-hybridized carbons (Fsp3) is 0.261. The number of aromatic nitrogens is 3. The Hall–Kier alpha value is -3.41. The highest BCUT2D eigenvalue weighted by Gasteiger charge is 2.16. The van der Waals surface area contributed by atoms with E-state index >= 15 is 0 Å². The van der Waals surface area contributed by atoms with Crippen LogP contribution in [0.4, 0.5) is 0 Å². The van der Waals surface area contributed by atoms with E-state index in [0.29, 0.717) is 5.52 Å². The number of hydrogen-bond donors (Lipinski definition) is 1. The molecule has 0 bridgehead atoms. The molecule has 0 saturated carbocycles. The summed E-state index contributed by atoms with van der Waals surface area (Å²) in [4.78, 5) is 25.6. The zero-order chi connectivity index (χ0) is 20.4. The third-order valence-corrected chi connectivity index (χ3v) is 5.39. The first-order chi connectivity index (χ1) is 14.1. The second kappa shape index (κ2) is 7.91. The summed E-state index contributed by atoms with van der Waals surface area (Å²) in [7, 11) is 1.86.